The predicted octanol–water partition coefficient (Wildman–Crippen LogP) is 11.2. The zero-order chi connectivity index (χ0) is 41.5. The molecule has 8 aromatic carbocycles. The number of benzene rings is 8. The number of imidazole rings is 1. The first kappa shape index (κ1) is 15.7. The van der Waals surface area contributed by atoms with Gasteiger partial charge in [0.2, 0.25) is 0 Å². The summed E-state index contributed by atoms with van der Waals surface area (Å²) in [4.78, 5) is 4.48. The quantitative estimate of drug-likeness (QED) is 0.185. The van der Waals surface area contributed by atoms with E-state index >= 15 is 0 Å². The molecule has 0 bridgehead atoms. The van der Waals surface area contributed by atoms with Crippen LogP contribution in [0, 0.1) is 0 Å². The lowest BCUT2D eigenvalue weighted by Gasteiger charge is -2.15. The van der Waals surface area contributed by atoms with Gasteiger partial charge in [0.15, 0.2) is 0 Å². The average molecular weight is 599 g/mol. The van der Waals surface area contributed by atoms with E-state index in [2.05, 4.69) is 15.6 Å². The van der Waals surface area contributed by atoms with Crippen LogP contribution in [0.1, 0.15) is 17.8 Å². The Morgan fingerprint density at radius 3 is 2.07 bits per heavy atom. The van der Waals surface area contributed by atoms with E-state index in [0.717, 1.165) is 48.2 Å². The molecule has 0 radical (unpaired) electrons. The molecule has 0 atom stereocenters. The Bertz CT molecular complexity index is 3450. The van der Waals surface area contributed by atoms with Crippen molar-refractivity contribution in [3.63, 3.8) is 0 Å². The first-order chi connectivity index (χ1) is 28.3. The second-order valence-electron chi connectivity index (χ2n) is 11.0. The number of rotatable bonds is 4. The summed E-state index contributed by atoms with van der Waals surface area (Å²) in [5, 5.41) is 5.19. The van der Waals surface area contributed by atoms with Crippen LogP contribution in [-0.4, -0.2) is 14.1 Å². The maximum Gasteiger partial charge on any atom is 0.145 e. The van der Waals surface area contributed by atoms with E-state index in [1.807, 2.05) is 72.8 Å². The molecule has 10 rings (SSSR count). The molecule has 10 aromatic rings. The van der Waals surface area contributed by atoms with Crippen LogP contribution >= 0.6 is 0 Å². The standard InChI is InChI=1S/C43H27N3/c1-3-13-28(14-4-1)43-44-36-22-9-10-23-37(36)46(43)31-18-11-15-29(27-31)32-25-26-39-42-40(32)34-20-8-7-19-33(34)35-21-12-24-38(41(35)42)45(39)30-16-5-2-6-17-30/h1-27H/i1D,3D,4D,9D,10D,11D,13D,14D,15D,18D,22D,23D,27D. The summed E-state index contributed by atoms with van der Waals surface area (Å²) in [6.07, 6.45) is 0. The van der Waals surface area contributed by atoms with Crippen LogP contribution in [0.25, 0.3) is 88.3 Å². The molecule has 0 saturated heterocycles. The number of para-hydroxylation sites is 3. The highest BCUT2D eigenvalue weighted by Gasteiger charge is 2.22. The van der Waals surface area contributed by atoms with Gasteiger partial charge in [-0.05, 0) is 75.7 Å². The largest absolute Gasteiger partial charge is 0.309 e. The van der Waals surface area contributed by atoms with Gasteiger partial charge in [-0.2, -0.15) is 0 Å². The number of fused-ring (bicyclic) bond motifs is 4. The van der Waals surface area contributed by atoms with Gasteiger partial charge in [0.1, 0.15) is 5.82 Å². The molecular formula is C43H27N3. The van der Waals surface area contributed by atoms with E-state index in [0.29, 0.717) is 10.9 Å². The van der Waals surface area contributed by atoms with Gasteiger partial charge in [0.25, 0.3) is 0 Å². The minimum absolute atomic E-state index is 0.0533. The lowest BCUT2D eigenvalue weighted by atomic mass is 9.89. The summed E-state index contributed by atoms with van der Waals surface area (Å²) >= 11 is 0. The van der Waals surface area contributed by atoms with Gasteiger partial charge < -0.3 is 4.57 Å². The van der Waals surface area contributed by atoms with Crippen LogP contribution in [0.3, 0.4) is 0 Å². The second kappa shape index (κ2) is 9.65. The van der Waals surface area contributed by atoms with Crippen molar-refractivity contribution >= 4 is 54.4 Å². The molecule has 0 aliphatic rings. The number of nitrogens with zero attached hydrogens (tertiary/aromatic N) is 3. The van der Waals surface area contributed by atoms with Crippen molar-refractivity contribution in [3.8, 4) is 33.9 Å². The summed E-state index contributed by atoms with van der Waals surface area (Å²) in [5.41, 5.74) is 1.48. The van der Waals surface area contributed by atoms with Gasteiger partial charge in [0, 0.05) is 33.1 Å². The molecule has 0 amide bonds. The fourth-order valence-electron chi connectivity index (χ4n) is 6.79. The highest BCUT2D eigenvalue weighted by Crippen LogP contribution is 2.47. The highest BCUT2D eigenvalue weighted by molar-refractivity contribution is 6.36. The van der Waals surface area contributed by atoms with Gasteiger partial charge in [-0.3, -0.25) is 4.57 Å². The van der Waals surface area contributed by atoms with E-state index < -0.39 is 95.6 Å². The van der Waals surface area contributed by atoms with Gasteiger partial charge in [0.05, 0.1) is 39.9 Å². The molecular weight excluding hydrogens is 558 g/mol. The van der Waals surface area contributed by atoms with E-state index in [1.54, 1.807) is 6.07 Å². The molecule has 0 N–H and O–H groups in total. The van der Waals surface area contributed by atoms with Crippen molar-refractivity contribution in [2.24, 2.45) is 0 Å². The minimum Gasteiger partial charge on any atom is -0.309 e. The Kier molecular flexibility index (Phi) is 3.29. The number of hydrogen-bond donors (Lipinski definition) is 0. The molecule has 0 spiro atoms. The smallest absolute Gasteiger partial charge is 0.145 e. The zero-order valence-electron chi connectivity index (χ0n) is 36.9. The lowest BCUT2D eigenvalue weighted by Crippen LogP contribution is -1.98. The molecule has 214 valence electrons. The van der Waals surface area contributed by atoms with Crippen LogP contribution in [0.15, 0.2) is 163 Å². The Morgan fingerprint density at radius 1 is 0.457 bits per heavy atom. The summed E-state index contributed by atoms with van der Waals surface area (Å²) in [6, 6.07) is 19.3. The fourth-order valence-corrected chi connectivity index (χ4v) is 6.79. The fraction of sp³-hybridized carbons (Fsp3) is 0. The van der Waals surface area contributed by atoms with Crippen LogP contribution in [0.4, 0.5) is 0 Å². The van der Waals surface area contributed by atoms with E-state index in [4.69, 9.17) is 12.3 Å². The summed E-state index contributed by atoms with van der Waals surface area (Å²) in [5.74, 6) is -0.452. The molecule has 0 saturated carbocycles. The summed E-state index contributed by atoms with van der Waals surface area (Å²) in [6.45, 7) is 0. The van der Waals surface area contributed by atoms with Gasteiger partial charge in [-0.25, -0.2) is 4.98 Å². The SMILES string of the molecule is [2H]c1c([2H])c([2H])c(-c2nc3c([2H])c([2H])c([2H])c([2H])c3n2-c2c([2H])c([2H])c([2H])c(-c3ccc4c5c3c3ccccc3c3cccc(c35)n4-c3ccccc3)c2[2H])c([2H])c1[2H]. The molecule has 2 heterocycles. The Balaban J connectivity index is 1.40. The van der Waals surface area contributed by atoms with Gasteiger partial charge >= 0.3 is 0 Å². The van der Waals surface area contributed by atoms with E-state index in [-0.39, 0.29) is 16.6 Å². The van der Waals surface area contributed by atoms with Gasteiger partial charge in [-0.1, -0.05) is 115 Å². The molecule has 0 aliphatic carbocycles. The maximum atomic E-state index is 9.93. The van der Waals surface area contributed by atoms with E-state index in [1.165, 1.54) is 0 Å². The molecule has 0 aliphatic heterocycles. The number of aromatic nitrogens is 3. The second-order valence-corrected chi connectivity index (χ2v) is 11.0. The zero-order valence-corrected chi connectivity index (χ0v) is 23.9. The third-order valence-electron chi connectivity index (χ3n) is 8.59. The lowest BCUT2D eigenvalue weighted by molar-refractivity contribution is 1.10. The normalized spacial score (nSPS) is 15.9. The summed E-state index contributed by atoms with van der Waals surface area (Å²) < 4.78 is 118. The van der Waals surface area contributed by atoms with Crippen LogP contribution in [-0.2, 0) is 0 Å². The predicted molar refractivity (Wildman–Crippen MR) is 192 cm³/mol. The summed E-state index contributed by atoms with van der Waals surface area (Å²) in [7, 11) is 0. The Hall–Kier alpha value is -6.19. The van der Waals surface area contributed by atoms with Crippen molar-refractivity contribution in [1.29, 1.82) is 0 Å². The highest BCUT2D eigenvalue weighted by atomic mass is 15.1. The van der Waals surface area contributed by atoms with Crippen molar-refractivity contribution in [3.05, 3.63) is 163 Å². The topological polar surface area (TPSA) is 22.8 Å². The Labute approximate surface area is 283 Å². The van der Waals surface area contributed by atoms with Crippen LogP contribution in [0.5, 0.6) is 0 Å². The molecule has 2 aromatic heterocycles. The molecule has 3 nitrogen and oxygen atoms in total. The average Bonchev–Trinajstić information content (AvgIpc) is 3.80. The molecule has 0 unspecified atom stereocenters. The maximum absolute atomic E-state index is 9.93. The van der Waals surface area contributed by atoms with Crippen molar-refractivity contribution in [2.45, 2.75) is 0 Å². The molecule has 0 fully saturated rings. The number of hydrogen-bond acceptors (Lipinski definition) is 1. The first-order valence-corrected chi connectivity index (χ1v) is 14.7. The van der Waals surface area contributed by atoms with Gasteiger partial charge in [-0.15, -0.1) is 0 Å². The van der Waals surface area contributed by atoms with Crippen molar-refractivity contribution < 1.29 is 17.8 Å². The van der Waals surface area contributed by atoms with E-state index in [9.17, 15) is 5.48 Å². The minimum atomic E-state index is -0.708. The Morgan fingerprint density at radius 2 is 1.17 bits per heavy atom. The molecule has 3 heteroatoms. The third kappa shape index (κ3) is 3.51. The monoisotopic (exact) mass is 598 g/mol. The molecule has 46 heavy (non-hydrogen) atoms. The van der Waals surface area contributed by atoms with Crippen LogP contribution in [0.2, 0.25) is 0 Å². The van der Waals surface area contributed by atoms with Crippen molar-refractivity contribution in [1.82, 2.24) is 14.1 Å². The van der Waals surface area contributed by atoms with Crippen LogP contribution < -0.4 is 0 Å². The van der Waals surface area contributed by atoms with Crippen molar-refractivity contribution in [2.75, 3.05) is 0 Å². The first-order valence-electron chi connectivity index (χ1n) is 21.2. The third-order valence-corrected chi connectivity index (χ3v) is 8.59.